The third kappa shape index (κ3) is 23.4. The number of halogens is 4. The summed E-state index contributed by atoms with van der Waals surface area (Å²) in [6.45, 7) is 54.1. The van der Waals surface area contributed by atoms with Crippen LogP contribution in [0.2, 0.25) is 15.1 Å². The molecule has 4 nitrogen and oxygen atoms in total. The molecule has 0 heterocycles. The molecule has 0 spiro atoms. The van der Waals surface area contributed by atoms with Gasteiger partial charge in [-0.05, 0) is 254 Å². The molecule has 0 amide bonds. The van der Waals surface area contributed by atoms with Crippen LogP contribution in [-0.4, -0.2) is 0 Å². The summed E-state index contributed by atoms with van der Waals surface area (Å²) in [5.41, 5.74) is 26.9. The molecule has 14 rings (SSSR count). The van der Waals surface area contributed by atoms with Crippen molar-refractivity contribution < 1.29 is 39.6 Å². The molecule has 1 radical (unpaired) electrons. The fourth-order valence-electron chi connectivity index (χ4n) is 15.0. The van der Waals surface area contributed by atoms with E-state index >= 15 is 0 Å². The first-order valence-corrected chi connectivity index (χ1v) is 43.2. The summed E-state index contributed by atoms with van der Waals surface area (Å²) in [6.07, 6.45) is 0. The van der Waals surface area contributed by atoms with E-state index in [1.165, 1.54) is 77.2 Å². The third-order valence-electron chi connectivity index (χ3n) is 22.7. The summed E-state index contributed by atoms with van der Waals surface area (Å²) < 4.78 is 0. The van der Waals surface area contributed by atoms with Gasteiger partial charge in [0, 0.05) is 90.6 Å². The molecule has 631 valence electrons. The molecule has 0 saturated carbocycles. The Balaban J connectivity index is 0.000000226. The second-order valence-corrected chi connectivity index (χ2v) is 41.4. The number of fused-ring (bicyclic) bond motifs is 2. The maximum Gasteiger partial charge on any atom is 0.0887 e. The summed E-state index contributed by atoms with van der Waals surface area (Å²) >= 11 is 20.9. The number of rotatable bonds is 13. The molecular formula is C112H124Cl3IN4VW. The predicted octanol–water partition coefficient (Wildman–Crippen LogP) is 35.8. The maximum absolute atomic E-state index is 7.91. The molecule has 0 bridgehead atoms. The average molecular weight is 1990 g/mol. The Morgan fingerprint density at radius 3 is 0.844 bits per heavy atom. The van der Waals surface area contributed by atoms with Gasteiger partial charge in [0.15, 0.2) is 0 Å². The summed E-state index contributed by atoms with van der Waals surface area (Å²) in [6, 6.07) is 110. The van der Waals surface area contributed by atoms with Crippen molar-refractivity contribution in [3.05, 3.63) is 363 Å². The summed E-state index contributed by atoms with van der Waals surface area (Å²) in [7, 11) is 0. The first-order valence-electron chi connectivity index (χ1n) is 42.1. The Hall–Kier alpha value is -8.33. The van der Waals surface area contributed by atoms with E-state index < -0.39 is 0 Å². The van der Waals surface area contributed by atoms with Gasteiger partial charge >= 0.3 is 0 Å². The standard InChI is InChI=1S/C56H61ClN2.C30H33N.C26H29Cl2N.HI.V.W/c1-53(2,3)41-22-29-45(30-23-41)58(46-31-24-42(25-32-46)54(4,5)6)50-18-15-19-51(52(50)57)59(47-33-26-43(27-34-47)55(7,8)9)49-35-28-44(56(10,11)12)37-48(49)40-21-20-38-16-13-14-17-39(38)36-40;1-29(2,3)24-13-16-26(17-14-24)31-28-18-15-25(30(4,5)6)20-27(28)23-12-11-21-9-7-8-10-22(21)19-23;1-25(2,3)18-10-14-20(15-11-18)29(23-9-7-8-22(27)24(23)28)21-16-12-19(13-17-21)26(4,5)6;;;/h13-37H,1-12H3;7-20,31H,1-6H3;7-17H,1-6H3;1H;;. The molecule has 0 aromatic heterocycles. The topological polar surface area (TPSA) is 21.8 Å². The summed E-state index contributed by atoms with van der Waals surface area (Å²) in [5, 5.41) is 10.4. The predicted molar refractivity (Wildman–Crippen MR) is 539 cm³/mol. The molecule has 0 unspecified atom stereocenters. The van der Waals surface area contributed by atoms with Crippen molar-refractivity contribution in [3.8, 4) is 22.3 Å². The van der Waals surface area contributed by atoms with Crippen LogP contribution in [0.3, 0.4) is 0 Å². The van der Waals surface area contributed by atoms with E-state index in [2.05, 4.69) is 471 Å². The largest absolute Gasteiger partial charge is 0.355 e. The number of nitrogens with one attached hydrogen (secondary N) is 1. The minimum atomic E-state index is -0.0492. The van der Waals surface area contributed by atoms with E-state index in [1.54, 1.807) is 0 Å². The van der Waals surface area contributed by atoms with Gasteiger partial charge in [-0.15, -0.1) is 24.0 Å². The van der Waals surface area contributed by atoms with Crippen LogP contribution in [0.1, 0.15) is 211 Å². The summed E-state index contributed by atoms with van der Waals surface area (Å²) in [4.78, 5) is 6.82. The average Bonchev–Trinajstić information content (AvgIpc) is 0.496. The van der Waals surface area contributed by atoms with Gasteiger partial charge in [0.05, 0.1) is 37.8 Å². The molecule has 0 aliphatic carbocycles. The van der Waals surface area contributed by atoms with Crippen LogP contribution in [-0.2, 0) is 82.9 Å². The van der Waals surface area contributed by atoms with E-state index in [4.69, 9.17) is 34.8 Å². The molecule has 14 aromatic carbocycles. The van der Waals surface area contributed by atoms with Crippen LogP contribution in [0.4, 0.5) is 62.6 Å². The molecule has 0 saturated heterocycles. The minimum absolute atomic E-state index is 0. The van der Waals surface area contributed by atoms with Crippen molar-refractivity contribution in [2.24, 2.45) is 0 Å². The zero-order chi connectivity index (χ0) is 86.1. The minimum Gasteiger partial charge on any atom is -0.355 e. The molecule has 0 aliphatic rings. The van der Waals surface area contributed by atoms with E-state index in [-0.39, 0.29) is 107 Å². The van der Waals surface area contributed by atoms with Crippen LogP contribution >= 0.6 is 58.8 Å². The fraction of sp³-hybridized carbons (Fsp3) is 0.286. The molecule has 14 aromatic rings. The van der Waals surface area contributed by atoms with Crippen LogP contribution < -0.4 is 20.0 Å². The van der Waals surface area contributed by atoms with E-state index in [0.717, 1.165) is 73.7 Å². The van der Waals surface area contributed by atoms with Crippen LogP contribution in [0.25, 0.3) is 43.8 Å². The van der Waals surface area contributed by atoms with Gasteiger partial charge in [0.2, 0.25) is 0 Å². The van der Waals surface area contributed by atoms with E-state index in [9.17, 15) is 0 Å². The van der Waals surface area contributed by atoms with Gasteiger partial charge in [-0.3, -0.25) is 0 Å². The molecular weight excluding hydrogens is 1870 g/mol. The Labute approximate surface area is 789 Å². The number of nitrogens with zero attached hydrogens (tertiary/aromatic N) is 3. The van der Waals surface area contributed by atoms with Crippen molar-refractivity contribution in [1.29, 1.82) is 0 Å². The van der Waals surface area contributed by atoms with Crippen molar-refractivity contribution in [2.75, 3.05) is 20.0 Å². The second kappa shape index (κ2) is 39.1. The Bertz CT molecular complexity index is 5750. The van der Waals surface area contributed by atoms with Gasteiger partial charge in [0.25, 0.3) is 0 Å². The Kier molecular flexibility index (Phi) is 31.2. The van der Waals surface area contributed by atoms with Gasteiger partial charge in [0.1, 0.15) is 0 Å². The third-order valence-corrected chi connectivity index (χ3v) is 23.9. The van der Waals surface area contributed by atoms with Crippen LogP contribution in [0.15, 0.2) is 303 Å². The number of anilines is 11. The second-order valence-electron chi connectivity index (χ2n) is 40.2. The normalized spacial score (nSPS) is 12.0. The molecule has 122 heavy (non-hydrogen) atoms. The van der Waals surface area contributed by atoms with Crippen LogP contribution in [0.5, 0.6) is 0 Å². The van der Waals surface area contributed by atoms with Gasteiger partial charge in [-0.1, -0.05) is 371 Å². The van der Waals surface area contributed by atoms with Crippen molar-refractivity contribution in [2.45, 2.75) is 209 Å². The molecule has 0 aliphatic heterocycles. The van der Waals surface area contributed by atoms with Crippen molar-refractivity contribution in [3.63, 3.8) is 0 Å². The van der Waals surface area contributed by atoms with Crippen molar-refractivity contribution >= 4 is 143 Å². The fourth-order valence-corrected chi connectivity index (χ4v) is 15.7. The number of hydrogen-bond donors (Lipinski definition) is 1. The molecule has 1 N–H and O–H groups in total. The van der Waals surface area contributed by atoms with Gasteiger partial charge < -0.3 is 20.0 Å². The monoisotopic (exact) mass is 1990 g/mol. The maximum atomic E-state index is 7.91. The molecule has 0 fully saturated rings. The first kappa shape index (κ1) is 97.5. The molecule has 0 atom stereocenters. The van der Waals surface area contributed by atoms with Gasteiger partial charge in [-0.25, -0.2) is 0 Å². The zero-order valence-corrected chi connectivity index (χ0v) is 85.0. The Morgan fingerprint density at radius 2 is 0.500 bits per heavy atom. The quantitative estimate of drug-likeness (QED) is 0.116. The van der Waals surface area contributed by atoms with E-state index in [0.29, 0.717) is 15.1 Å². The number of hydrogen-bond acceptors (Lipinski definition) is 4. The zero-order valence-electron chi connectivity index (χ0n) is 76.1. The first-order chi connectivity index (χ1) is 55.8. The van der Waals surface area contributed by atoms with Gasteiger partial charge in [-0.2, -0.15) is 0 Å². The smallest absolute Gasteiger partial charge is 0.0887 e. The molecule has 10 heteroatoms. The Morgan fingerprint density at radius 1 is 0.230 bits per heavy atom. The SMILES string of the molecule is CC(C)(C)c1ccc(N(c2ccc(C(C)(C)C)cc2)c2cccc(Cl)c2Cl)cc1.CC(C)(C)c1ccc(N(c2ccc(C(C)(C)C)cc2)c2cccc(N(c3ccc(C(C)(C)C)cc3)c3ccc(C(C)(C)C)cc3-c3ccc4ccccc4c3)c2Cl)cc1.CC(C)(C)c1ccc(Nc2ccc(C(C)(C)C)cc2-c2ccc3ccccc3c2)cc1.I.[V].[W]. The van der Waals surface area contributed by atoms with E-state index in [1.807, 2.05) is 18.2 Å². The summed E-state index contributed by atoms with van der Waals surface area (Å²) in [5.74, 6) is 0. The number of benzene rings is 14. The van der Waals surface area contributed by atoms with Crippen LogP contribution in [0, 0.1) is 0 Å². The van der Waals surface area contributed by atoms with Crippen molar-refractivity contribution in [1.82, 2.24) is 0 Å².